The van der Waals surface area contributed by atoms with Crippen molar-refractivity contribution in [3.05, 3.63) is 0 Å². The normalized spacial score (nSPS) is 21.9. The molecule has 0 bridgehead atoms. The number of amides is 1. The highest BCUT2D eigenvalue weighted by atomic mass is 35.5. The van der Waals surface area contributed by atoms with Gasteiger partial charge < -0.3 is 10.6 Å². The van der Waals surface area contributed by atoms with Crippen LogP contribution in [0, 0.1) is 0 Å². The molecule has 1 rings (SSSR count). The summed E-state index contributed by atoms with van der Waals surface area (Å²) in [6, 6.07) is -0.287. The van der Waals surface area contributed by atoms with Crippen molar-refractivity contribution < 1.29 is 4.79 Å². The van der Waals surface area contributed by atoms with Gasteiger partial charge in [0.2, 0.25) is 5.91 Å². The number of halogens is 1. The molecule has 1 aliphatic heterocycles. The summed E-state index contributed by atoms with van der Waals surface area (Å²) in [7, 11) is 0. The van der Waals surface area contributed by atoms with E-state index in [9.17, 15) is 4.79 Å². The summed E-state index contributed by atoms with van der Waals surface area (Å²) in [6.07, 6.45) is 5.40. The third kappa shape index (κ3) is 5.81. The van der Waals surface area contributed by atoms with Gasteiger partial charge >= 0.3 is 0 Å². The highest BCUT2D eigenvalue weighted by Gasteiger charge is 2.25. The quantitative estimate of drug-likeness (QED) is 0.848. The molecule has 0 aromatic heterocycles. The second-order valence-corrected chi connectivity index (χ2v) is 6.33. The van der Waals surface area contributed by atoms with E-state index in [4.69, 9.17) is 5.73 Å². The van der Waals surface area contributed by atoms with Crippen molar-refractivity contribution in [2.45, 2.75) is 57.2 Å². The topological polar surface area (TPSA) is 46.3 Å². The second kappa shape index (κ2) is 9.93. The zero-order valence-electron chi connectivity index (χ0n) is 11.6. The summed E-state index contributed by atoms with van der Waals surface area (Å²) >= 11 is 1.98. The Hall–Kier alpha value is 0.0700. The van der Waals surface area contributed by atoms with E-state index in [1.54, 1.807) is 0 Å². The first-order chi connectivity index (χ1) is 8.19. The molecule has 0 radical (unpaired) electrons. The van der Waals surface area contributed by atoms with Gasteiger partial charge in [-0.3, -0.25) is 4.79 Å². The smallest absolute Gasteiger partial charge is 0.239 e. The molecule has 0 saturated carbocycles. The molecule has 1 saturated heterocycles. The van der Waals surface area contributed by atoms with Crippen molar-refractivity contribution in [3.63, 3.8) is 0 Å². The van der Waals surface area contributed by atoms with Gasteiger partial charge in [0.05, 0.1) is 6.04 Å². The van der Waals surface area contributed by atoms with Crippen LogP contribution in [0.4, 0.5) is 0 Å². The van der Waals surface area contributed by atoms with Crippen LogP contribution >= 0.6 is 24.2 Å². The molecule has 18 heavy (non-hydrogen) atoms. The van der Waals surface area contributed by atoms with Crippen LogP contribution < -0.4 is 5.73 Å². The van der Waals surface area contributed by atoms with Gasteiger partial charge in [-0.2, -0.15) is 11.8 Å². The number of hydrogen-bond donors (Lipinski definition) is 1. The molecule has 1 heterocycles. The average molecular weight is 295 g/mol. The standard InChI is InChI=1S/C13H26N2OS.ClH/c1-3-7-12(14)13(16)15-9-6-5-8-11(10-15)17-4-2;/h11-12H,3-10,14H2,1-2H3;1H. The van der Waals surface area contributed by atoms with Gasteiger partial charge in [-0.05, 0) is 25.0 Å². The van der Waals surface area contributed by atoms with Gasteiger partial charge in [0.15, 0.2) is 0 Å². The molecule has 3 nitrogen and oxygen atoms in total. The number of nitrogens with two attached hydrogens (primary N) is 1. The van der Waals surface area contributed by atoms with Gasteiger partial charge in [-0.15, -0.1) is 12.4 Å². The fourth-order valence-electron chi connectivity index (χ4n) is 2.34. The first-order valence-corrected chi connectivity index (χ1v) is 7.89. The summed E-state index contributed by atoms with van der Waals surface area (Å²) in [4.78, 5) is 14.2. The Morgan fingerprint density at radius 2 is 2.17 bits per heavy atom. The fraction of sp³-hybridized carbons (Fsp3) is 0.923. The second-order valence-electron chi connectivity index (χ2n) is 4.75. The van der Waals surface area contributed by atoms with Crippen LogP contribution in [0.2, 0.25) is 0 Å². The SMILES string of the molecule is CCCC(N)C(=O)N1CCCCC(SCC)C1.Cl. The number of hydrogen-bond acceptors (Lipinski definition) is 3. The maximum atomic E-state index is 12.2. The lowest BCUT2D eigenvalue weighted by atomic mass is 10.1. The monoisotopic (exact) mass is 294 g/mol. The van der Waals surface area contributed by atoms with Gasteiger partial charge in [0.25, 0.3) is 0 Å². The maximum absolute atomic E-state index is 12.2. The van der Waals surface area contributed by atoms with Gasteiger partial charge in [-0.1, -0.05) is 26.7 Å². The first-order valence-electron chi connectivity index (χ1n) is 6.85. The summed E-state index contributed by atoms with van der Waals surface area (Å²) in [6.45, 7) is 6.06. The Bertz CT molecular complexity index is 241. The highest BCUT2D eigenvalue weighted by Crippen LogP contribution is 2.22. The third-order valence-corrected chi connectivity index (χ3v) is 4.45. The number of likely N-dealkylation sites (tertiary alicyclic amines) is 1. The van der Waals surface area contributed by atoms with E-state index in [0.29, 0.717) is 5.25 Å². The summed E-state index contributed by atoms with van der Waals surface area (Å²) in [5.74, 6) is 1.30. The molecule has 2 N–H and O–H groups in total. The Kier molecular flexibility index (Phi) is 9.97. The first kappa shape index (κ1) is 18.1. The number of rotatable bonds is 5. The lowest BCUT2D eigenvalue weighted by molar-refractivity contribution is -0.132. The predicted molar refractivity (Wildman–Crippen MR) is 82.5 cm³/mol. The molecule has 0 spiro atoms. The molecular formula is C13H27ClN2OS. The van der Waals surface area contributed by atoms with Crippen LogP contribution in [0.25, 0.3) is 0 Å². The zero-order chi connectivity index (χ0) is 12.7. The zero-order valence-corrected chi connectivity index (χ0v) is 13.2. The molecule has 1 aliphatic rings. The summed E-state index contributed by atoms with van der Waals surface area (Å²) in [5, 5.41) is 0.611. The van der Waals surface area contributed by atoms with E-state index in [-0.39, 0.29) is 24.4 Å². The Labute approximate surface area is 122 Å². The van der Waals surface area contributed by atoms with E-state index < -0.39 is 0 Å². The van der Waals surface area contributed by atoms with Crippen LogP contribution in [0.1, 0.15) is 46.0 Å². The molecule has 0 aliphatic carbocycles. The number of carbonyl (C=O) groups excluding carboxylic acids is 1. The van der Waals surface area contributed by atoms with Crippen molar-refractivity contribution in [2.24, 2.45) is 5.73 Å². The van der Waals surface area contributed by atoms with E-state index >= 15 is 0 Å². The highest BCUT2D eigenvalue weighted by molar-refractivity contribution is 7.99. The number of carbonyl (C=O) groups is 1. The van der Waals surface area contributed by atoms with Crippen molar-refractivity contribution in [2.75, 3.05) is 18.8 Å². The van der Waals surface area contributed by atoms with Crippen molar-refractivity contribution >= 4 is 30.1 Å². The minimum absolute atomic E-state index is 0. The molecule has 0 aromatic carbocycles. The Morgan fingerprint density at radius 3 is 2.78 bits per heavy atom. The maximum Gasteiger partial charge on any atom is 0.239 e. The molecule has 0 aromatic rings. The Balaban J connectivity index is 0.00000289. The van der Waals surface area contributed by atoms with Gasteiger partial charge in [0, 0.05) is 18.3 Å². The molecule has 2 atom stereocenters. The van der Waals surface area contributed by atoms with Crippen molar-refractivity contribution in [1.29, 1.82) is 0 Å². The van der Waals surface area contributed by atoms with Crippen molar-refractivity contribution in [3.8, 4) is 0 Å². The van der Waals surface area contributed by atoms with E-state index in [0.717, 1.165) is 38.1 Å². The lowest BCUT2D eigenvalue weighted by Gasteiger charge is -2.26. The van der Waals surface area contributed by atoms with E-state index in [1.165, 1.54) is 12.8 Å². The van der Waals surface area contributed by atoms with Crippen LogP contribution in [-0.2, 0) is 4.79 Å². The van der Waals surface area contributed by atoms with Gasteiger partial charge in [0.1, 0.15) is 0 Å². The molecular weight excluding hydrogens is 268 g/mol. The lowest BCUT2D eigenvalue weighted by Crippen LogP contribution is -2.45. The minimum atomic E-state index is -0.287. The third-order valence-electron chi connectivity index (χ3n) is 3.26. The predicted octanol–water partition coefficient (Wildman–Crippen LogP) is 2.67. The number of thioether (sulfide) groups is 1. The molecule has 1 fully saturated rings. The Morgan fingerprint density at radius 1 is 1.44 bits per heavy atom. The largest absolute Gasteiger partial charge is 0.340 e. The fourth-order valence-corrected chi connectivity index (χ4v) is 3.43. The van der Waals surface area contributed by atoms with Crippen LogP contribution in [0.15, 0.2) is 0 Å². The van der Waals surface area contributed by atoms with Crippen LogP contribution in [0.3, 0.4) is 0 Å². The molecule has 2 unspecified atom stereocenters. The molecule has 1 amide bonds. The van der Waals surface area contributed by atoms with E-state index in [1.807, 2.05) is 16.7 Å². The van der Waals surface area contributed by atoms with Gasteiger partial charge in [-0.25, -0.2) is 0 Å². The number of nitrogens with zero attached hydrogens (tertiary/aromatic N) is 1. The van der Waals surface area contributed by atoms with Crippen LogP contribution in [-0.4, -0.2) is 40.9 Å². The van der Waals surface area contributed by atoms with E-state index in [2.05, 4.69) is 13.8 Å². The average Bonchev–Trinajstić information content (AvgIpc) is 2.54. The summed E-state index contributed by atoms with van der Waals surface area (Å²) in [5.41, 5.74) is 5.93. The van der Waals surface area contributed by atoms with Crippen molar-refractivity contribution in [1.82, 2.24) is 4.90 Å². The molecule has 5 heteroatoms. The van der Waals surface area contributed by atoms with Crippen LogP contribution in [0.5, 0.6) is 0 Å². The molecule has 108 valence electrons. The summed E-state index contributed by atoms with van der Waals surface area (Å²) < 4.78 is 0. The minimum Gasteiger partial charge on any atom is -0.340 e.